The molecular formula is C21H24N4O4S3. The molecule has 1 amide bonds. The second-order valence-corrected chi connectivity index (χ2v) is 11.8. The zero-order valence-electron chi connectivity index (χ0n) is 18.0. The Kier molecular flexibility index (Phi) is 6.70. The summed E-state index contributed by atoms with van der Waals surface area (Å²) in [7, 11) is 0.750. The van der Waals surface area contributed by atoms with Gasteiger partial charge in [-0.15, -0.1) is 11.3 Å². The number of aryl methyl sites for hydroxylation is 2. The lowest BCUT2D eigenvalue weighted by Gasteiger charge is -2.15. The fourth-order valence-electron chi connectivity index (χ4n) is 3.65. The van der Waals surface area contributed by atoms with Gasteiger partial charge in [-0.1, -0.05) is 11.8 Å². The molecule has 0 bridgehead atoms. The van der Waals surface area contributed by atoms with Gasteiger partial charge in [-0.25, -0.2) is 22.7 Å². The van der Waals surface area contributed by atoms with E-state index in [2.05, 4.69) is 15.3 Å². The SMILES string of the molecule is COc1ccc(S(=O)(=O)N(C)C)cc1NC(=O)CSc1ncnc2sc3c(c12)CCCC3. The fraction of sp³-hybridized carbons (Fsp3) is 0.381. The average Bonchev–Trinajstić information content (AvgIpc) is 3.16. The van der Waals surface area contributed by atoms with Crippen molar-refractivity contribution in [2.45, 2.75) is 35.6 Å². The standard InChI is InChI=1S/C21H24N4O4S3/c1-25(2)32(27,28)13-8-9-16(29-3)15(10-13)24-18(26)11-30-20-19-14-6-4-5-7-17(14)31-21(19)23-12-22-20/h8-10,12H,4-7,11H2,1-3H3,(H,24,26). The minimum Gasteiger partial charge on any atom is -0.495 e. The zero-order chi connectivity index (χ0) is 22.9. The van der Waals surface area contributed by atoms with E-state index in [9.17, 15) is 13.2 Å². The number of sulfonamides is 1. The van der Waals surface area contributed by atoms with E-state index in [1.807, 2.05) is 0 Å². The van der Waals surface area contributed by atoms with Crippen LogP contribution in [0.3, 0.4) is 0 Å². The summed E-state index contributed by atoms with van der Waals surface area (Å²) in [6.45, 7) is 0. The number of carbonyl (C=O) groups is 1. The van der Waals surface area contributed by atoms with Crippen molar-refractivity contribution in [2.24, 2.45) is 0 Å². The molecular weight excluding hydrogens is 468 g/mol. The first-order chi connectivity index (χ1) is 15.3. The summed E-state index contributed by atoms with van der Waals surface area (Å²) >= 11 is 3.08. The van der Waals surface area contributed by atoms with Crippen molar-refractivity contribution in [1.29, 1.82) is 0 Å². The van der Waals surface area contributed by atoms with Crippen molar-refractivity contribution in [1.82, 2.24) is 14.3 Å². The minimum absolute atomic E-state index is 0.0775. The first kappa shape index (κ1) is 23.0. The first-order valence-electron chi connectivity index (χ1n) is 10.1. The molecule has 2 heterocycles. The maximum atomic E-state index is 12.7. The lowest BCUT2D eigenvalue weighted by Crippen LogP contribution is -2.22. The predicted octanol–water partition coefficient (Wildman–Crippen LogP) is 3.56. The van der Waals surface area contributed by atoms with E-state index in [0.29, 0.717) is 11.4 Å². The largest absolute Gasteiger partial charge is 0.495 e. The van der Waals surface area contributed by atoms with Crippen LogP contribution in [-0.2, 0) is 27.7 Å². The molecule has 0 atom stereocenters. The number of nitrogens with one attached hydrogen (secondary N) is 1. The number of hydrogen-bond acceptors (Lipinski definition) is 8. The summed E-state index contributed by atoms with van der Waals surface area (Å²) in [5.74, 6) is 0.241. The Morgan fingerprint density at radius 3 is 2.78 bits per heavy atom. The smallest absolute Gasteiger partial charge is 0.242 e. The van der Waals surface area contributed by atoms with Gasteiger partial charge in [0.15, 0.2) is 0 Å². The summed E-state index contributed by atoms with van der Waals surface area (Å²) < 4.78 is 31.3. The van der Waals surface area contributed by atoms with E-state index in [1.165, 1.54) is 68.0 Å². The third-order valence-electron chi connectivity index (χ3n) is 5.28. The number of aromatic nitrogens is 2. The Morgan fingerprint density at radius 1 is 1.25 bits per heavy atom. The molecule has 32 heavy (non-hydrogen) atoms. The second kappa shape index (κ2) is 9.34. The van der Waals surface area contributed by atoms with Gasteiger partial charge in [-0.2, -0.15) is 0 Å². The van der Waals surface area contributed by atoms with Crippen LogP contribution in [0.4, 0.5) is 5.69 Å². The number of anilines is 1. The monoisotopic (exact) mass is 492 g/mol. The summed E-state index contributed by atoms with van der Waals surface area (Å²) in [6, 6.07) is 4.40. The highest BCUT2D eigenvalue weighted by Crippen LogP contribution is 2.39. The number of rotatable bonds is 7. The lowest BCUT2D eigenvalue weighted by atomic mass is 9.97. The van der Waals surface area contributed by atoms with Crippen LogP contribution in [-0.4, -0.2) is 55.6 Å². The average molecular weight is 493 g/mol. The van der Waals surface area contributed by atoms with Gasteiger partial charge in [0.2, 0.25) is 15.9 Å². The molecule has 0 spiro atoms. The number of amides is 1. The zero-order valence-corrected chi connectivity index (χ0v) is 20.5. The highest BCUT2D eigenvalue weighted by molar-refractivity contribution is 8.00. The van der Waals surface area contributed by atoms with Gasteiger partial charge >= 0.3 is 0 Å². The molecule has 0 radical (unpaired) electrons. The molecule has 0 unspecified atom stereocenters. The van der Waals surface area contributed by atoms with Gasteiger partial charge in [-0.3, -0.25) is 4.79 Å². The van der Waals surface area contributed by atoms with Gasteiger partial charge in [0.05, 0.1) is 23.4 Å². The second-order valence-electron chi connectivity index (χ2n) is 7.56. The predicted molar refractivity (Wildman–Crippen MR) is 127 cm³/mol. The topological polar surface area (TPSA) is 101 Å². The molecule has 1 aromatic carbocycles. The van der Waals surface area contributed by atoms with Crippen LogP contribution in [0.15, 0.2) is 34.4 Å². The van der Waals surface area contributed by atoms with E-state index in [1.54, 1.807) is 17.7 Å². The maximum absolute atomic E-state index is 12.7. The van der Waals surface area contributed by atoms with Gasteiger partial charge < -0.3 is 10.1 Å². The molecule has 11 heteroatoms. The van der Waals surface area contributed by atoms with Gasteiger partial charge in [0.1, 0.15) is 21.9 Å². The number of thiophene rings is 1. The van der Waals surface area contributed by atoms with Crippen molar-refractivity contribution < 1.29 is 17.9 Å². The van der Waals surface area contributed by atoms with Gasteiger partial charge in [0.25, 0.3) is 0 Å². The van der Waals surface area contributed by atoms with Gasteiger partial charge in [0, 0.05) is 24.4 Å². The number of methoxy groups -OCH3 is 1. The summed E-state index contributed by atoms with van der Waals surface area (Å²) in [6.07, 6.45) is 6.00. The number of fused-ring (bicyclic) bond motifs is 3. The van der Waals surface area contributed by atoms with Crippen molar-refractivity contribution in [3.8, 4) is 5.75 Å². The van der Waals surface area contributed by atoms with Crippen molar-refractivity contribution >= 4 is 54.9 Å². The Morgan fingerprint density at radius 2 is 2.03 bits per heavy atom. The Bertz CT molecular complexity index is 1270. The fourth-order valence-corrected chi connectivity index (χ4v) is 6.69. The molecule has 1 N–H and O–H groups in total. The van der Waals surface area contributed by atoms with Crippen LogP contribution in [0.25, 0.3) is 10.2 Å². The third kappa shape index (κ3) is 4.47. The number of hydrogen-bond donors (Lipinski definition) is 1. The molecule has 1 aliphatic rings. The number of ether oxygens (including phenoxy) is 1. The number of thioether (sulfide) groups is 1. The van der Waals surface area contributed by atoms with E-state index in [-0.39, 0.29) is 16.6 Å². The number of nitrogens with zero attached hydrogens (tertiary/aromatic N) is 3. The van der Waals surface area contributed by atoms with Crippen LogP contribution >= 0.6 is 23.1 Å². The Labute approximate surface area is 195 Å². The number of carbonyl (C=O) groups excluding carboxylic acids is 1. The van der Waals surface area contributed by atoms with Crippen molar-refractivity contribution in [3.63, 3.8) is 0 Å². The Balaban J connectivity index is 1.53. The maximum Gasteiger partial charge on any atom is 0.242 e. The minimum atomic E-state index is -3.64. The summed E-state index contributed by atoms with van der Waals surface area (Å²) in [5, 5.41) is 4.66. The Hall–Kier alpha value is -2.21. The lowest BCUT2D eigenvalue weighted by molar-refractivity contribution is -0.113. The van der Waals surface area contributed by atoms with Crippen molar-refractivity contribution in [3.05, 3.63) is 35.0 Å². The van der Waals surface area contributed by atoms with E-state index < -0.39 is 10.0 Å². The van der Waals surface area contributed by atoms with Crippen LogP contribution in [0.1, 0.15) is 23.3 Å². The summed E-state index contributed by atoms with van der Waals surface area (Å²) in [4.78, 5) is 24.0. The molecule has 4 rings (SSSR count). The highest BCUT2D eigenvalue weighted by atomic mass is 32.2. The highest BCUT2D eigenvalue weighted by Gasteiger charge is 2.22. The van der Waals surface area contributed by atoms with E-state index in [0.717, 1.165) is 38.8 Å². The molecule has 0 aliphatic heterocycles. The summed E-state index contributed by atoms with van der Waals surface area (Å²) in [5.41, 5.74) is 1.63. The molecule has 8 nitrogen and oxygen atoms in total. The molecule has 3 aromatic rings. The molecule has 0 saturated carbocycles. The third-order valence-corrected chi connectivity index (χ3v) is 9.28. The number of benzene rings is 1. The van der Waals surface area contributed by atoms with Crippen molar-refractivity contribution in [2.75, 3.05) is 32.3 Å². The molecule has 170 valence electrons. The first-order valence-corrected chi connectivity index (χ1v) is 13.3. The quantitative estimate of drug-likeness (QED) is 0.397. The molecule has 2 aromatic heterocycles. The van der Waals surface area contributed by atoms with E-state index >= 15 is 0 Å². The van der Waals surface area contributed by atoms with Gasteiger partial charge in [-0.05, 0) is 49.4 Å². The molecule has 1 aliphatic carbocycles. The van der Waals surface area contributed by atoms with Crippen LogP contribution in [0, 0.1) is 0 Å². The van der Waals surface area contributed by atoms with Crippen LogP contribution < -0.4 is 10.1 Å². The van der Waals surface area contributed by atoms with E-state index in [4.69, 9.17) is 4.74 Å². The molecule has 0 fully saturated rings. The molecule has 0 saturated heterocycles. The van der Waals surface area contributed by atoms with Crippen LogP contribution in [0.2, 0.25) is 0 Å². The normalized spacial score (nSPS) is 13.9. The van der Waals surface area contributed by atoms with Crippen LogP contribution in [0.5, 0.6) is 5.75 Å².